The van der Waals surface area contributed by atoms with E-state index in [1.54, 1.807) is 0 Å². The molecule has 118 valence electrons. The van der Waals surface area contributed by atoms with Crippen LogP contribution in [0, 0.1) is 5.41 Å². The van der Waals surface area contributed by atoms with Crippen LogP contribution in [0.25, 0.3) is 0 Å². The second-order valence-electron chi connectivity index (χ2n) is 7.84. The Morgan fingerprint density at radius 3 is 2.40 bits per heavy atom. The van der Waals surface area contributed by atoms with Gasteiger partial charge in [-0.2, -0.15) is 0 Å². The normalized spacial score (nSPS) is 31.6. The molecule has 2 aliphatic carbocycles. The summed E-state index contributed by atoms with van der Waals surface area (Å²) in [6, 6.07) is 2.25. The molecule has 0 bridgehead atoms. The van der Waals surface area contributed by atoms with E-state index in [1.807, 2.05) is 0 Å². The lowest BCUT2D eigenvalue weighted by molar-refractivity contribution is 0.0300. The number of hydrogen-bond donors (Lipinski definition) is 1. The topological polar surface area (TPSA) is 15.3 Å². The van der Waals surface area contributed by atoms with Gasteiger partial charge < -0.3 is 5.32 Å². The van der Waals surface area contributed by atoms with E-state index in [-0.39, 0.29) is 0 Å². The lowest BCUT2D eigenvalue weighted by atomic mass is 9.70. The fourth-order valence-electron chi connectivity index (χ4n) is 4.52. The summed E-state index contributed by atoms with van der Waals surface area (Å²) in [5.74, 6) is 0. The van der Waals surface area contributed by atoms with E-state index < -0.39 is 0 Å². The molecule has 2 aliphatic rings. The highest BCUT2D eigenvalue weighted by Crippen LogP contribution is 2.39. The van der Waals surface area contributed by atoms with Crippen LogP contribution in [0.1, 0.15) is 78.6 Å². The largest absolute Gasteiger partial charge is 0.312 e. The van der Waals surface area contributed by atoms with Crippen molar-refractivity contribution in [3.8, 4) is 0 Å². The molecule has 0 spiro atoms. The molecule has 0 aromatic heterocycles. The molecule has 2 nitrogen and oxygen atoms in total. The molecule has 0 amide bonds. The van der Waals surface area contributed by atoms with Crippen molar-refractivity contribution in [3.63, 3.8) is 0 Å². The third-order valence-corrected chi connectivity index (χ3v) is 5.84. The van der Waals surface area contributed by atoms with Crippen molar-refractivity contribution in [1.82, 2.24) is 10.2 Å². The molecule has 1 N–H and O–H groups in total. The highest BCUT2D eigenvalue weighted by molar-refractivity contribution is 4.99. The predicted octanol–water partition coefficient (Wildman–Crippen LogP) is 4.20. The van der Waals surface area contributed by atoms with E-state index in [0.717, 1.165) is 12.1 Å². The predicted molar refractivity (Wildman–Crippen MR) is 88.1 cm³/mol. The Bertz CT molecular complexity index is 281. The molecule has 0 aromatic carbocycles. The fraction of sp³-hybridized carbons (Fsp3) is 1.00. The Balaban J connectivity index is 2.04. The van der Waals surface area contributed by atoms with Gasteiger partial charge in [-0.3, -0.25) is 4.90 Å². The first kappa shape index (κ1) is 16.3. The molecule has 2 heteroatoms. The lowest BCUT2D eigenvalue weighted by Gasteiger charge is -2.50. The van der Waals surface area contributed by atoms with Crippen LogP contribution in [0.2, 0.25) is 0 Å². The fourth-order valence-corrected chi connectivity index (χ4v) is 4.52. The molecule has 0 radical (unpaired) electrons. The number of nitrogens with one attached hydrogen (secondary N) is 1. The van der Waals surface area contributed by atoms with E-state index in [4.69, 9.17) is 0 Å². The van der Waals surface area contributed by atoms with Gasteiger partial charge in [0.2, 0.25) is 0 Å². The zero-order valence-electron chi connectivity index (χ0n) is 14.3. The van der Waals surface area contributed by atoms with Crippen molar-refractivity contribution in [1.29, 1.82) is 0 Å². The van der Waals surface area contributed by atoms with Gasteiger partial charge >= 0.3 is 0 Å². The van der Waals surface area contributed by atoms with Gasteiger partial charge in [0, 0.05) is 18.1 Å². The summed E-state index contributed by atoms with van der Waals surface area (Å²) in [4.78, 5) is 2.76. The molecular formula is C18H36N2. The van der Waals surface area contributed by atoms with Gasteiger partial charge in [0.05, 0.1) is 0 Å². The maximum Gasteiger partial charge on any atom is 0.0274 e. The second kappa shape index (κ2) is 7.26. The quantitative estimate of drug-likeness (QED) is 0.812. The molecule has 0 aromatic rings. The molecule has 0 aliphatic heterocycles. The number of rotatable bonds is 5. The van der Waals surface area contributed by atoms with Gasteiger partial charge in [0.1, 0.15) is 0 Å². The van der Waals surface area contributed by atoms with Gasteiger partial charge in [-0.1, -0.05) is 46.5 Å². The summed E-state index contributed by atoms with van der Waals surface area (Å²) < 4.78 is 0. The van der Waals surface area contributed by atoms with Gasteiger partial charge in [-0.25, -0.2) is 0 Å². The second-order valence-corrected chi connectivity index (χ2v) is 7.84. The van der Waals surface area contributed by atoms with Crippen LogP contribution in [0.4, 0.5) is 0 Å². The van der Waals surface area contributed by atoms with Crippen LogP contribution in [0.15, 0.2) is 0 Å². The first-order chi connectivity index (χ1) is 9.56. The molecule has 2 saturated carbocycles. The first-order valence-corrected chi connectivity index (χ1v) is 9.01. The SMILES string of the molecule is CCCNC1C(N(C)C2CCCCC2)CCCC1(C)C. The summed E-state index contributed by atoms with van der Waals surface area (Å²) in [6.07, 6.45) is 12.6. The maximum atomic E-state index is 3.89. The Hall–Kier alpha value is -0.0800. The third-order valence-electron chi connectivity index (χ3n) is 5.84. The summed E-state index contributed by atoms with van der Waals surface area (Å²) in [5, 5.41) is 3.89. The minimum Gasteiger partial charge on any atom is -0.312 e. The molecule has 0 heterocycles. The average Bonchev–Trinajstić information content (AvgIpc) is 2.45. The van der Waals surface area contributed by atoms with E-state index >= 15 is 0 Å². The Morgan fingerprint density at radius 2 is 1.75 bits per heavy atom. The Kier molecular flexibility index (Phi) is 5.92. The highest BCUT2D eigenvalue weighted by atomic mass is 15.2. The van der Waals surface area contributed by atoms with Crippen molar-refractivity contribution in [3.05, 3.63) is 0 Å². The van der Waals surface area contributed by atoms with Crippen molar-refractivity contribution in [2.45, 2.75) is 96.7 Å². The lowest BCUT2D eigenvalue weighted by Crippen LogP contribution is -2.60. The monoisotopic (exact) mass is 280 g/mol. The molecule has 0 saturated heterocycles. The van der Waals surface area contributed by atoms with Crippen LogP contribution in [0.5, 0.6) is 0 Å². The molecular weight excluding hydrogens is 244 g/mol. The zero-order valence-corrected chi connectivity index (χ0v) is 14.3. The van der Waals surface area contributed by atoms with Crippen molar-refractivity contribution in [2.75, 3.05) is 13.6 Å². The number of likely N-dealkylation sites (N-methyl/N-ethyl adjacent to an activating group) is 1. The van der Waals surface area contributed by atoms with Crippen molar-refractivity contribution in [2.24, 2.45) is 5.41 Å². The van der Waals surface area contributed by atoms with Gasteiger partial charge in [0.25, 0.3) is 0 Å². The standard InChI is InChI=1S/C18H36N2/c1-5-14-19-17-16(12-9-13-18(17,2)3)20(4)15-10-7-6-8-11-15/h15-17,19H,5-14H2,1-4H3. The first-order valence-electron chi connectivity index (χ1n) is 9.01. The highest BCUT2D eigenvalue weighted by Gasteiger charge is 2.41. The van der Waals surface area contributed by atoms with Gasteiger partial charge in [0.15, 0.2) is 0 Å². The van der Waals surface area contributed by atoms with Crippen LogP contribution in [0.3, 0.4) is 0 Å². The van der Waals surface area contributed by atoms with E-state index in [2.05, 4.69) is 38.0 Å². The summed E-state index contributed by atoms with van der Waals surface area (Å²) in [7, 11) is 2.41. The van der Waals surface area contributed by atoms with Crippen LogP contribution in [-0.2, 0) is 0 Å². The van der Waals surface area contributed by atoms with E-state index in [0.29, 0.717) is 11.5 Å². The van der Waals surface area contributed by atoms with Crippen molar-refractivity contribution < 1.29 is 0 Å². The minimum absolute atomic E-state index is 0.445. The molecule has 2 fully saturated rings. The minimum atomic E-state index is 0.445. The third kappa shape index (κ3) is 3.76. The molecule has 2 rings (SSSR count). The number of nitrogens with zero attached hydrogens (tertiary/aromatic N) is 1. The van der Waals surface area contributed by atoms with Crippen LogP contribution < -0.4 is 5.32 Å². The van der Waals surface area contributed by atoms with Crippen molar-refractivity contribution >= 4 is 0 Å². The molecule has 20 heavy (non-hydrogen) atoms. The van der Waals surface area contributed by atoms with E-state index in [1.165, 1.54) is 64.3 Å². The summed E-state index contributed by atoms with van der Waals surface area (Å²) in [5.41, 5.74) is 0.445. The number of hydrogen-bond acceptors (Lipinski definition) is 2. The van der Waals surface area contributed by atoms with Crippen LogP contribution in [-0.4, -0.2) is 36.6 Å². The average molecular weight is 280 g/mol. The maximum absolute atomic E-state index is 3.89. The Labute approximate surface area is 126 Å². The molecule has 2 unspecified atom stereocenters. The van der Waals surface area contributed by atoms with Gasteiger partial charge in [-0.15, -0.1) is 0 Å². The summed E-state index contributed by atoms with van der Waals surface area (Å²) in [6.45, 7) is 8.40. The molecule has 2 atom stereocenters. The van der Waals surface area contributed by atoms with Crippen LogP contribution >= 0.6 is 0 Å². The summed E-state index contributed by atoms with van der Waals surface area (Å²) >= 11 is 0. The van der Waals surface area contributed by atoms with E-state index in [9.17, 15) is 0 Å². The Morgan fingerprint density at radius 1 is 1.05 bits per heavy atom. The zero-order chi connectivity index (χ0) is 14.6. The smallest absolute Gasteiger partial charge is 0.0274 e. The van der Waals surface area contributed by atoms with Gasteiger partial charge in [-0.05, 0) is 51.1 Å².